The molecule has 7 heteroatoms. The van der Waals surface area contributed by atoms with E-state index in [1.165, 1.54) is 0 Å². The summed E-state index contributed by atoms with van der Waals surface area (Å²) in [6, 6.07) is -0.153. The highest BCUT2D eigenvalue weighted by Gasteiger charge is 2.15. The molecule has 0 aromatic heterocycles. The van der Waals surface area contributed by atoms with Crippen molar-refractivity contribution in [1.29, 1.82) is 0 Å². The van der Waals surface area contributed by atoms with Gasteiger partial charge in [-0.05, 0) is 13.3 Å². The monoisotopic (exact) mass is 243 g/mol. The third kappa shape index (κ3) is 7.28. The van der Waals surface area contributed by atoms with Crippen LogP contribution in [0.25, 0.3) is 0 Å². The van der Waals surface area contributed by atoms with Crippen molar-refractivity contribution >= 4 is 19.9 Å². The molecule has 0 heterocycles. The molecule has 0 aliphatic heterocycles. The summed E-state index contributed by atoms with van der Waals surface area (Å²) in [6.45, 7) is 3.59. The van der Waals surface area contributed by atoms with Gasteiger partial charge in [0.25, 0.3) is 0 Å². The van der Waals surface area contributed by atoms with Crippen LogP contribution in [0.4, 0.5) is 0 Å². The van der Waals surface area contributed by atoms with E-state index in [-0.39, 0.29) is 17.5 Å². The van der Waals surface area contributed by atoms with Crippen LogP contribution >= 0.6 is 0 Å². The van der Waals surface area contributed by atoms with E-state index in [2.05, 4.69) is 4.72 Å². The normalized spacial score (nSPS) is 15.4. The third-order valence-electron chi connectivity index (χ3n) is 1.72. The van der Waals surface area contributed by atoms with Crippen molar-refractivity contribution in [3.63, 3.8) is 0 Å². The van der Waals surface area contributed by atoms with Gasteiger partial charge < -0.3 is 0 Å². The van der Waals surface area contributed by atoms with Gasteiger partial charge >= 0.3 is 0 Å². The summed E-state index contributed by atoms with van der Waals surface area (Å²) in [4.78, 5) is 0. The first-order chi connectivity index (χ1) is 6.16. The SMILES string of the molecule is CCC(C)NS(=O)(=O)CCS(C)(=O)=O. The van der Waals surface area contributed by atoms with Crippen LogP contribution in [-0.2, 0) is 19.9 Å². The van der Waals surface area contributed by atoms with E-state index in [4.69, 9.17) is 0 Å². The van der Waals surface area contributed by atoms with E-state index in [0.717, 1.165) is 6.26 Å². The minimum atomic E-state index is -3.46. The van der Waals surface area contributed by atoms with Crippen LogP contribution in [0.15, 0.2) is 0 Å². The molecule has 5 nitrogen and oxygen atoms in total. The lowest BCUT2D eigenvalue weighted by molar-refractivity contribution is 0.555. The molecule has 1 unspecified atom stereocenters. The van der Waals surface area contributed by atoms with E-state index >= 15 is 0 Å². The molecule has 14 heavy (non-hydrogen) atoms. The molecule has 0 bridgehead atoms. The summed E-state index contributed by atoms with van der Waals surface area (Å²) in [7, 11) is -6.67. The summed E-state index contributed by atoms with van der Waals surface area (Å²) in [5.41, 5.74) is 0. The molecule has 0 radical (unpaired) electrons. The molecule has 0 aromatic carbocycles. The van der Waals surface area contributed by atoms with Gasteiger partial charge in [-0.2, -0.15) is 0 Å². The van der Waals surface area contributed by atoms with Gasteiger partial charge in [0.15, 0.2) is 0 Å². The second kappa shape index (κ2) is 5.09. The van der Waals surface area contributed by atoms with Crippen molar-refractivity contribution in [3.05, 3.63) is 0 Å². The molecular weight excluding hydrogens is 226 g/mol. The van der Waals surface area contributed by atoms with Crippen molar-refractivity contribution in [1.82, 2.24) is 4.72 Å². The Morgan fingerprint density at radius 3 is 2.00 bits per heavy atom. The van der Waals surface area contributed by atoms with E-state index < -0.39 is 19.9 Å². The lowest BCUT2D eigenvalue weighted by Crippen LogP contribution is -2.35. The lowest BCUT2D eigenvalue weighted by atomic mass is 10.3. The molecule has 0 saturated carbocycles. The maximum atomic E-state index is 11.3. The summed E-state index contributed by atoms with van der Waals surface area (Å²) < 4.78 is 46.4. The molecule has 0 fully saturated rings. The van der Waals surface area contributed by atoms with Gasteiger partial charge in [0.05, 0.1) is 11.5 Å². The maximum Gasteiger partial charge on any atom is 0.212 e. The molecule has 0 aromatic rings. The lowest BCUT2D eigenvalue weighted by Gasteiger charge is -2.11. The maximum absolute atomic E-state index is 11.3. The number of rotatable bonds is 6. The first-order valence-electron chi connectivity index (χ1n) is 4.34. The summed E-state index contributed by atoms with van der Waals surface area (Å²) in [5.74, 6) is -0.699. The van der Waals surface area contributed by atoms with Crippen LogP contribution in [-0.4, -0.2) is 40.6 Å². The number of nitrogens with one attached hydrogen (secondary N) is 1. The van der Waals surface area contributed by atoms with Gasteiger partial charge in [-0.25, -0.2) is 21.6 Å². The largest absolute Gasteiger partial charge is 0.229 e. The number of sulfonamides is 1. The van der Waals surface area contributed by atoms with E-state index in [1.807, 2.05) is 6.92 Å². The number of sulfone groups is 1. The van der Waals surface area contributed by atoms with Crippen LogP contribution in [0.2, 0.25) is 0 Å². The average molecular weight is 243 g/mol. The second-order valence-electron chi connectivity index (χ2n) is 3.38. The highest BCUT2D eigenvalue weighted by atomic mass is 32.2. The van der Waals surface area contributed by atoms with Gasteiger partial charge in [-0.15, -0.1) is 0 Å². The Balaban J connectivity index is 4.24. The molecule has 1 atom stereocenters. The van der Waals surface area contributed by atoms with E-state index in [1.54, 1.807) is 6.92 Å². The Hall–Kier alpha value is -0.140. The Bertz CT molecular complexity index is 357. The second-order valence-corrected chi connectivity index (χ2v) is 7.51. The minimum absolute atomic E-state index is 0.153. The van der Waals surface area contributed by atoms with Crippen LogP contribution in [0.1, 0.15) is 20.3 Å². The standard InChI is InChI=1S/C7H17NO4S2/c1-4-7(2)8-14(11,12)6-5-13(3,9)10/h7-8H,4-6H2,1-3H3. The highest BCUT2D eigenvalue weighted by Crippen LogP contribution is 1.95. The molecule has 0 amide bonds. The molecule has 86 valence electrons. The summed E-state index contributed by atoms with van der Waals surface area (Å²) in [6.07, 6.45) is 1.70. The summed E-state index contributed by atoms with van der Waals surface area (Å²) >= 11 is 0. The van der Waals surface area contributed by atoms with Gasteiger partial charge in [0.1, 0.15) is 9.84 Å². The van der Waals surface area contributed by atoms with Gasteiger partial charge in [-0.1, -0.05) is 6.92 Å². The first-order valence-corrected chi connectivity index (χ1v) is 8.05. The average Bonchev–Trinajstić information content (AvgIpc) is 1.99. The Morgan fingerprint density at radius 1 is 1.14 bits per heavy atom. The van der Waals surface area contributed by atoms with Crippen molar-refractivity contribution in [2.75, 3.05) is 17.8 Å². The number of hydrogen-bond donors (Lipinski definition) is 1. The fourth-order valence-electron chi connectivity index (χ4n) is 0.710. The quantitative estimate of drug-likeness (QED) is 0.697. The van der Waals surface area contributed by atoms with Crippen molar-refractivity contribution in [2.24, 2.45) is 0 Å². The molecule has 0 aliphatic carbocycles. The smallest absolute Gasteiger partial charge is 0.212 e. The summed E-state index contributed by atoms with van der Waals surface area (Å²) in [5, 5.41) is 0. The Labute approximate surface area is 85.9 Å². The Morgan fingerprint density at radius 2 is 1.64 bits per heavy atom. The zero-order chi connectivity index (χ0) is 11.4. The van der Waals surface area contributed by atoms with Gasteiger partial charge in [0.2, 0.25) is 10.0 Å². The van der Waals surface area contributed by atoms with E-state index in [9.17, 15) is 16.8 Å². The van der Waals surface area contributed by atoms with Crippen LogP contribution in [0, 0.1) is 0 Å². The Kier molecular flexibility index (Phi) is 5.03. The topological polar surface area (TPSA) is 80.3 Å². The molecule has 0 rings (SSSR count). The minimum Gasteiger partial charge on any atom is -0.229 e. The third-order valence-corrected chi connectivity index (χ3v) is 4.42. The molecule has 1 N–H and O–H groups in total. The van der Waals surface area contributed by atoms with Crippen LogP contribution < -0.4 is 4.72 Å². The van der Waals surface area contributed by atoms with Crippen LogP contribution in [0.3, 0.4) is 0 Å². The number of hydrogen-bond acceptors (Lipinski definition) is 4. The first kappa shape index (κ1) is 13.9. The van der Waals surface area contributed by atoms with Crippen molar-refractivity contribution in [3.8, 4) is 0 Å². The zero-order valence-electron chi connectivity index (χ0n) is 8.65. The van der Waals surface area contributed by atoms with E-state index in [0.29, 0.717) is 6.42 Å². The van der Waals surface area contributed by atoms with Gasteiger partial charge in [-0.3, -0.25) is 0 Å². The highest BCUT2D eigenvalue weighted by molar-refractivity contribution is 7.93. The predicted molar refractivity (Wildman–Crippen MR) is 56.4 cm³/mol. The van der Waals surface area contributed by atoms with Gasteiger partial charge in [0, 0.05) is 12.3 Å². The molecule has 0 aliphatic rings. The predicted octanol–water partition coefficient (Wildman–Crippen LogP) is -0.251. The molecular formula is C7H17NO4S2. The fourth-order valence-corrected chi connectivity index (χ4v) is 3.70. The van der Waals surface area contributed by atoms with Crippen molar-refractivity contribution in [2.45, 2.75) is 26.3 Å². The van der Waals surface area contributed by atoms with Crippen LogP contribution in [0.5, 0.6) is 0 Å². The molecule has 0 saturated heterocycles. The molecule has 0 spiro atoms. The fraction of sp³-hybridized carbons (Fsp3) is 1.00. The van der Waals surface area contributed by atoms with Crippen molar-refractivity contribution < 1.29 is 16.8 Å². The zero-order valence-corrected chi connectivity index (χ0v) is 10.3.